The van der Waals surface area contributed by atoms with Crippen LogP contribution in [0.15, 0.2) is 24.5 Å². The van der Waals surface area contributed by atoms with Crippen LogP contribution in [0.2, 0.25) is 0 Å². The smallest absolute Gasteiger partial charge is 0.222 e. The number of hydrogen-bond donors (Lipinski definition) is 2. The third-order valence-corrected chi connectivity index (χ3v) is 4.79. The van der Waals surface area contributed by atoms with Crippen LogP contribution in [0.25, 0.3) is 0 Å². The highest BCUT2D eigenvalue weighted by Crippen LogP contribution is 2.47. The summed E-state index contributed by atoms with van der Waals surface area (Å²) in [5.74, 6) is -0.0188. The maximum absolute atomic E-state index is 12.0. The van der Waals surface area contributed by atoms with Gasteiger partial charge < -0.3 is 10.4 Å². The normalized spacial score (nSPS) is 22.4. The highest BCUT2D eigenvalue weighted by Gasteiger charge is 2.44. The Morgan fingerprint density at radius 3 is 2.45 bits per heavy atom. The van der Waals surface area contributed by atoms with Crippen molar-refractivity contribution in [2.75, 3.05) is 6.54 Å². The van der Waals surface area contributed by atoms with E-state index in [-0.39, 0.29) is 17.7 Å². The molecule has 0 aliphatic heterocycles. The second-order valence-corrected chi connectivity index (χ2v) is 6.40. The van der Waals surface area contributed by atoms with Crippen molar-refractivity contribution in [2.24, 2.45) is 0 Å². The van der Waals surface area contributed by atoms with Crippen LogP contribution < -0.4 is 5.32 Å². The van der Waals surface area contributed by atoms with Crippen molar-refractivity contribution in [2.45, 2.75) is 56.0 Å². The number of nitrogens with one attached hydrogen (secondary N) is 1. The Morgan fingerprint density at radius 1 is 1.20 bits per heavy atom. The Hall–Kier alpha value is -1.42. The third kappa shape index (κ3) is 2.85. The molecule has 1 heterocycles. The predicted molar refractivity (Wildman–Crippen MR) is 76.2 cm³/mol. The van der Waals surface area contributed by atoms with Crippen LogP contribution in [0, 0.1) is 0 Å². The highest BCUT2D eigenvalue weighted by molar-refractivity contribution is 5.77. The van der Waals surface area contributed by atoms with E-state index in [9.17, 15) is 9.90 Å². The molecule has 3 rings (SSSR count). The Kier molecular flexibility index (Phi) is 3.50. The van der Waals surface area contributed by atoms with Crippen LogP contribution in [0.3, 0.4) is 0 Å². The number of hydrogen-bond acceptors (Lipinski definition) is 3. The summed E-state index contributed by atoms with van der Waals surface area (Å²) < 4.78 is 0. The minimum Gasteiger partial charge on any atom is -0.389 e. The summed E-state index contributed by atoms with van der Waals surface area (Å²) >= 11 is 0. The van der Waals surface area contributed by atoms with Gasteiger partial charge in [0.15, 0.2) is 0 Å². The Bertz CT molecular complexity index is 477. The number of aromatic nitrogens is 1. The zero-order valence-corrected chi connectivity index (χ0v) is 11.8. The molecule has 2 saturated carbocycles. The summed E-state index contributed by atoms with van der Waals surface area (Å²) in [6, 6.07) is 4.06. The number of amides is 1. The van der Waals surface area contributed by atoms with E-state index in [2.05, 4.69) is 10.3 Å². The average Bonchev–Trinajstić information content (AvgIpc) is 3.14. The van der Waals surface area contributed by atoms with Gasteiger partial charge in [-0.1, -0.05) is 12.8 Å². The Balaban J connectivity index is 1.53. The van der Waals surface area contributed by atoms with Crippen molar-refractivity contribution >= 4 is 5.91 Å². The fraction of sp³-hybridized carbons (Fsp3) is 0.625. The largest absolute Gasteiger partial charge is 0.389 e. The first-order chi connectivity index (χ1) is 9.62. The number of nitrogens with zero attached hydrogens (tertiary/aromatic N) is 1. The Morgan fingerprint density at radius 2 is 1.85 bits per heavy atom. The van der Waals surface area contributed by atoms with E-state index in [1.54, 1.807) is 12.4 Å². The number of carbonyl (C=O) groups is 1. The Labute approximate surface area is 119 Å². The first-order valence-electron chi connectivity index (χ1n) is 7.52. The summed E-state index contributed by atoms with van der Waals surface area (Å²) in [4.78, 5) is 16.1. The standard InChI is InChI=1S/C16H22N2O2/c19-14(11-16(20)5-1-2-6-16)18-12-15(7-8-15)13-3-9-17-10-4-13/h3-4,9-10,20H,1-2,5-8,11-12H2,(H,18,19). The first-order valence-corrected chi connectivity index (χ1v) is 7.52. The second-order valence-electron chi connectivity index (χ2n) is 6.40. The van der Waals surface area contributed by atoms with Gasteiger partial charge in [-0.15, -0.1) is 0 Å². The molecule has 0 spiro atoms. The summed E-state index contributed by atoms with van der Waals surface area (Å²) in [5.41, 5.74) is 0.612. The summed E-state index contributed by atoms with van der Waals surface area (Å²) in [6.07, 6.45) is 9.67. The summed E-state index contributed by atoms with van der Waals surface area (Å²) in [7, 11) is 0. The number of rotatable bonds is 5. The molecule has 20 heavy (non-hydrogen) atoms. The molecule has 2 fully saturated rings. The molecule has 4 heteroatoms. The molecular formula is C16H22N2O2. The highest BCUT2D eigenvalue weighted by atomic mass is 16.3. The summed E-state index contributed by atoms with van der Waals surface area (Å²) in [5, 5.41) is 13.3. The van der Waals surface area contributed by atoms with E-state index < -0.39 is 5.60 Å². The van der Waals surface area contributed by atoms with Gasteiger partial charge in [0.2, 0.25) is 5.91 Å². The van der Waals surface area contributed by atoms with Gasteiger partial charge in [0.25, 0.3) is 0 Å². The molecule has 0 saturated heterocycles. The van der Waals surface area contributed by atoms with Crippen LogP contribution in [0.1, 0.15) is 50.5 Å². The number of pyridine rings is 1. The third-order valence-electron chi connectivity index (χ3n) is 4.79. The van der Waals surface area contributed by atoms with E-state index >= 15 is 0 Å². The molecule has 0 bridgehead atoms. The van der Waals surface area contributed by atoms with Gasteiger partial charge in [-0.25, -0.2) is 0 Å². The molecule has 0 atom stereocenters. The quantitative estimate of drug-likeness (QED) is 0.862. The minimum absolute atomic E-state index is 0.0188. The SMILES string of the molecule is O=C(CC1(O)CCCC1)NCC1(c2ccncc2)CC1. The van der Waals surface area contributed by atoms with Gasteiger partial charge in [0, 0.05) is 24.4 Å². The average molecular weight is 274 g/mol. The monoisotopic (exact) mass is 274 g/mol. The topological polar surface area (TPSA) is 62.2 Å². The van der Waals surface area contributed by atoms with Gasteiger partial charge >= 0.3 is 0 Å². The second kappa shape index (κ2) is 5.17. The lowest BCUT2D eigenvalue weighted by atomic mass is 9.95. The van der Waals surface area contributed by atoms with Gasteiger partial charge in [-0.2, -0.15) is 0 Å². The zero-order valence-electron chi connectivity index (χ0n) is 11.8. The van der Waals surface area contributed by atoms with Crippen LogP contribution in [0.5, 0.6) is 0 Å². The minimum atomic E-state index is -0.753. The van der Waals surface area contributed by atoms with Gasteiger partial charge in [0.05, 0.1) is 12.0 Å². The van der Waals surface area contributed by atoms with Crippen molar-refractivity contribution in [3.05, 3.63) is 30.1 Å². The molecule has 2 N–H and O–H groups in total. The molecule has 2 aliphatic carbocycles. The molecule has 0 aromatic carbocycles. The molecule has 4 nitrogen and oxygen atoms in total. The fourth-order valence-electron chi connectivity index (χ4n) is 3.26. The lowest BCUT2D eigenvalue weighted by Crippen LogP contribution is -2.38. The molecule has 1 aromatic rings. The van der Waals surface area contributed by atoms with E-state index in [4.69, 9.17) is 0 Å². The molecular weight excluding hydrogens is 252 g/mol. The first kappa shape index (κ1) is 13.6. The maximum atomic E-state index is 12.0. The van der Waals surface area contributed by atoms with E-state index in [1.807, 2.05) is 12.1 Å². The van der Waals surface area contributed by atoms with Crippen LogP contribution in [0.4, 0.5) is 0 Å². The lowest BCUT2D eigenvalue weighted by molar-refractivity contribution is -0.126. The van der Waals surface area contributed by atoms with Crippen molar-refractivity contribution in [3.63, 3.8) is 0 Å². The van der Waals surface area contributed by atoms with Gasteiger partial charge in [0.1, 0.15) is 0 Å². The van der Waals surface area contributed by atoms with Crippen molar-refractivity contribution < 1.29 is 9.90 Å². The van der Waals surface area contributed by atoms with Gasteiger partial charge in [-0.3, -0.25) is 9.78 Å². The molecule has 1 aromatic heterocycles. The fourth-order valence-corrected chi connectivity index (χ4v) is 3.26. The van der Waals surface area contributed by atoms with E-state index in [0.29, 0.717) is 6.54 Å². The zero-order chi connectivity index (χ0) is 14.1. The van der Waals surface area contributed by atoms with Crippen molar-refractivity contribution in [1.82, 2.24) is 10.3 Å². The summed E-state index contributed by atoms with van der Waals surface area (Å²) in [6.45, 7) is 0.673. The maximum Gasteiger partial charge on any atom is 0.222 e. The predicted octanol–water partition coefficient (Wildman–Crippen LogP) is 1.92. The van der Waals surface area contributed by atoms with Gasteiger partial charge in [-0.05, 0) is 43.4 Å². The van der Waals surface area contributed by atoms with Crippen molar-refractivity contribution in [3.8, 4) is 0 Å². The van der Waals surface area contributed by atoms with Crippen molar-refractivity contribution in [1.29, 1.82) is 0 Å². The van der Waals surface area contributed by atoms with E-state index in [0.717, 1.165) is 38.5 Å². The van der Waals surface area contributed by atoms with Crippen LogP contribution in [-0.4, -0.2) is 28.1 Å². The van der Waals surface area contributed by atoms with Crippen LogP contribution in [-0.2, 0) is 10.2 Å². The van der Waals surface area contributed by atoms with Crippen LogP contribution >= 0.6 is 0 Å². The lowest BCUT2D eigenvalue weighted by Gasteiger charge is -2.22. The number of aliphatic hydroxyl groups is 1. The molecule has 1 amide bonds. The van der Waals surface area contributed by atoms with E-state index in [1.165, 1.54) is 5.56 Å². The molecule has 0 unspecified atom stereocenters. The molecule has 0 radical (unpaired) electrons. The molecule has 108 valence electrons. The number of carbonyl (C=O) groups excluding carboxylic acids is 1. The molecule has 2 aliphatic rings.